The van der Waals surface area contributed by atoms with Gasteiger partial charge in [0.05, 0.1) is 20.4 Å². The van der Waals surface area contributed by atoms with Gasteiger partial charge >= 0.3 is 0 Å². The summed E-state index contributed by atoms with van der Waals surface area (Å²) in [5.41, 5.74) is 1.17. The SMILES string of the molecule is COc1cccc([C@@H]2CC=C[C@]2(O)[Si](C)(C)C)c1. The lowest BCUT2D eigenvalue weighted by Gasteiger charge is -2.40. The van der Waals surface area contributed by atoms with E-state index in [1.165, 1.54) is 5.56 Å². The molecule has 1 N–H and O–H groups in total. The Hall–Kier alpha value is -1.06. The Kier molecular flexibility index (Phi) is 3.38. The van der Waals surface area contributed by atoms with Crippen molar-refractivity contribution in [1.82, 2.24) is 0 Å². The Morgan fingerprint density at radius 3 is 2.67 bits per heavy atom. The molecule has 1 aromatic carbocycles. The van der Waals surface area contributed by atoms with Gasteiger partial charge in [-0.15, -0.1) is 0 Å². The van der Waals surface area contributed by atoms with Crippen LogP contribution in [0.3, 0.4) is 0 Å². The van der Waals surface area contributed by atoms with Gasteiger partial charge in [-0.1, -0.05) is 43.9 Å². The third-order valence-electron chi connectivity index (χ3n) is 3.97. The van der Waals surface area contributed by atoms with Gasteiger partial charge in [0.1, 0.15) is 5.75 Å². The van der Waals surface area contributed by atoms with E-state index in [0.717, 1.165) is 12.2 Å². The molecule has 18 heavy (non-hydrogen) atoms. The molecule has 2 atom stereocenters. The second kappa shape index (κ2) is 4.56. The second-order valence-corrected chi connectivity index (χ2v) is 11.3. The van der Waals surface area contributed by atoms with E-state index in [-0.39, 0.29) is 5.92 Å². The minimum absolute atomic E-state index is 0.166. The zero-order valence-electron chi connectivity index (χ0n) is 11.6. The zero-order valence-corrected chi connectivity index (χ0v) is 12.6. The second-order valence-electron chi connectivity index (χ2n) is 6.04. The predicted molar refractivity (Wildman–Crippen MR) is 77.8 cm³/mol. The molecule has 0 heterocycles. The first-order valence-corrected chi connectivity index (χ1v) is 9.92. The van der Waals surface area contributed by atoms with E-state index >= 15 is 0 Å². The molecule has 1 aromatic rings. The molecule has 0 spiro atoms. The average molecular weight is 262 g/mol. The van der Waals surface area contributed by atoms with Crippen LogP contribution in [0.1, 0.15) is 17.9 Å². The largest absolute Gasteiger partial charge is 0.497 e. The summed E-state index contributed by atoms with van der Waals surface area (Å²) >= 11 is 0. The van der Waals surface area contributed by atoms with Gasteiger partial charge in [-0.25, -0.2) is 0 Å². The van der Waals surface area contributed by atoms with Crippen molar-refractivity contribution in [2.75, 3.05) is 7.11 Å². The predicted octanol–water partition coefficient (Wildman–Crippen LogP) is 3.35. The third-order valence-corrected chi connectivity index (χ3v) is 6.89. The van der Waals surface area contributed by atoms with Crippen LogP contribution in [0.25, 0.3) is 0 Å². The number of hydrogen-bond acceptors (Lipinski definition) is 2. The summed E-state index contributed by atoms with van der Waals surface area (Å²) in [6.07, 6.45) is 5.04. The molecule has 1 aliphatic rings. The number of ether oxygens (including phenoxy) is 1. The summed E-state index contributed by atoms with van der Waals surface area (Å²) < 4.78 is 5.28. The molecule has 0 bridgehead atoms. The van der Waals surface area contributed by atoms with Crippen molar-refractivity contribution in [3.05, 3.63) is 42.0 Å². The first-order chi connectivity index (χ1) is 8.38. The van der Waals surface area contributed by atoms with Gasteiger partial charge in [0.15, 0.2) is 0 Å². The molecule has 0 amide bonds. The molecule has 0 saturated heterocycles. The number of allylic oxidation sites excluding steroid dienone is 1. The van der Waals surface area contributed by atoms with Crippen molar-refractivity contribution in [2.24, 2.45) is 0 Å². The summed E-state index contributed by atoms with van der Waals surface area (Å²) in [6.45, 7) is 6.65. The molecular weight excluding hydrogens is 240 g/mol. The van der Waals surface area contributed by atoms with Crippen LogP contribution in [0.5, 0.6) is 5.75 Å². The van der Waals surface area contributed by atoms with Crippen LogP contribution >= 0.6 is 0 Å². The van der Waals surface area contributed by atoms with E-state index < -0.39 is 13.3 Å². The smallest absolute Gasteiger partial charge is 0.119 e. The van der Waals surface area contributed by atoms with Crippen molar-refractivity contribution in [3.63, 3.8) is 0 Å². The minimum Gasteiger partial charge on any atom is -0.497 e. The van der Waals surface area contributed by atoms with Crippen molar-refractivity contribution in [1.29, 1.82) is 0 Å². The lowest BCUT2D eigenvalue weighted by atomic mass is 9.94. The summed E-state index contributed by atoms with van der Waals surface area (Å²) in [7, 11) is -0.0166. The number of rotatable bonds is 3. The van der Waals surface area contributed by atoms with Gasteiger partial charge in [0, 0.05) is 5.92 Å². The van der Waals surface area contributed by atoms with E-state index in [4.69, 9.17) is 4.74 Å². The Morgan fingerprint density at radius 1 is 1.33 bits per heavy atom. The molecule has 0 saturated carbocycles. The van der Waals surface area contributed by atoms with E-state index in [1.807, 2.05) is 24.3 Å². The maximum atomic E-state index is 11.0. The fourth-order valence-corrected chi connectivity index (χ4v) is 4.65. The Balaban J connectivity index is 2.39. The highest BCUT2D eigenvalue weighted by Crippen LogP contribution is 2.44. The lowest BCUT2D eigenvalue weighted by Crippen LogP contribution is -2.53. The van der Waals surface area contributed by atoms with Crippen molar-refractivity contribution in [2.45, 2.75) is 37.2 Å². The van der Waals surface area contributed by atoms with E-state index in [0.29, 0.717) is 0 Å². The topological polar surface area (TPSA) is 29.5 Å². The maximum absolute atomic E-state index is 11.0. The average Bonchev–Trinajstić information content (AvgIpc) is 2.72. The van der Waals surface area contributed by atoms with Crippen molar-refractivity contribution < 1.29 is 9.84 Å². The molecule has 0 fully saturated rings. The first kappa shape index (κ1) is 13.4. The van der Waals surface area contributed by atoms with Gasteiger partial charge in [-0.3, -0.25) is 0 Å². The molecule has 98 valence electrons. The normalized spacial score (nSPS) is 27.5. The summed E-state index contributed by atoms with van der Waals surface area (Å²) in [5.74, 6) is 1.02. The maximum Gasteiger partial charge on any atom is 0.119 e. The molecule has 2 nitrogen and oxygen atoms in total. The number of benzene rings is 1. The summed E-state index contributed by atoms with van der Waals surface area (Å²) in [5, 5.41) is 10.4. The third kappa shape index (κ3) is 2.13. The molecule has 0 radical (unpaired) electrons. The van der Waals surface area contributed by atoms with Crippen LogP contribution in [0, 0.1) is 0 Å². The number of aliphatic hydroxyl groups is 1. The zero-order chi connectivity index (χ0) is 13.4. The first-order valence-electron chi connectivity index (χ1n) is 6.42. The standard InChI is InChI=1S/C15H22O2Si/c1-17-13-8-5-7-12(11-13)14-9-6-10-15(14,16)18(2,3)4/h5-8,10-11,14,16H,9H2,1-4H3/t14-,15-/m0/s1. The highest BCUT2D eigenvalue weighted by molar-refractivity contribution is 6.79. The molecule has 0 unspecified atom stereocenters. The van der Waals surface area contributed by atoms with Gasteiger partial charge in [0.25, 0.3) is 0 Å². The fourth-order valence-electron chi connectivity index (χ4n) is 2.70. The molecular formula is C15H22O2Si. The monoisotopic (exact) mass is 262 g/mol. The van der Waals surface area contributed by atoms with Gasteiger partial charge < -0.3 is 9.84 Å². The van der Waals surface area contributed by atoms with Crippen molar-refractivity contribution in [3.8, 4) is 5.75 Å². The Bertz CT molecular complexity index is 462. The van der Waals surface area contributed by atoms with Gasteiger partial charge in [0.2, 0.25) is 0 Å². The van der Waals surface area contributed by atoms with Crippen LogP contribution in [0.4, 0.5) is 0 Å². The van der Waals surface area contributed by atoms with E-state index in [2.05, 4.69) is 31.8 Å². The van der Waals surface area contributed by atoms with Crippen LogP contribution in [-0.4, -0.2) is 25.5 Å². The van der Waals surface area contributed by atoms with Crippen LogP contribution < -0.4 is 4.74 Å². The van der Waals surface area contributed by atoms with E-state index in [1.54, 1.807) is 7.11 Å². The molecule has 3 heteroatoms. The van der Waals surface area contributed by atoms with E-state index in [9.17, 15) is 5.11 Å². The summed E-state index contributed by atoms with van der Waals surface area (Å²) in [4.78, 5) is 0. The van der Waals surface area contributed by atoms with Gasteiger partial charge in [-0.05, 0) is 24.1 Å². The van der Waals surface area contributed by atoms with Gasteiger partial charge in [-0.2, -0.15) is 0 Å². The quantitative estimate of drug-likeness (QED) is 0.668. The van der Waals surface area contributed by atoms with Crippen molar-refractivity contribution >= 4 is 8.07 Å². The van der Waals surface area contributed by atoms with Crippen LogP contribution in [0.2, 0.25) is 19.6 Å². The molecule has 0 aliphatic heterocycles. The molecule has 2 rings (SSSR count). The lowest BCUT2D eigenvalue weighted by molar-refractivity contribution is 0.143. The number of methoxy groups -OCH3 is 1. The van der Waals surface area contributed by atoms with Crippen LogP contribution in [-0.2, 0) is 0 Å². The van der Waals surface area contributed by atoms with Crippen LogP contribution in [0.15, 0.2) is 36.4 Å². The highest BCUT2D eigenvalue weighted by Gasteiger charge is 2.48. The Morgan fingerprint density at radius 2 is 2.06 bits per heavy atom. The molecule has 0 aromatic heterocycles. The Labute approximate surface area is 110 Å². The molecule has 1 aliphatic carbocycles. The fraction of sp³-hybridized carbons (Fsp3) is 0.467. The minimum atomic E-state index is -1.69. The number of hydrogen-bond donors (Lipinski definition) is 1. The summed E-state index contributed by atoms with van der Waals surface area (Å²) in [6, 6.07) is 8.07. The highest BCUT2D eigenvalue weighted by atomic mass is 28.3.